The average Bonchev–Trinajstić information content (AvgIpc) is 2.62. The predicted octanol–water partition coefficient (Wildman–Crippen LogP) is -0.0953. The highest BCUT2D eigenvalue weighted by Crippen LogP contribution is 2.21. The van der Waals surface area contributed by atoms with Crippen LogP contribution in [-0.4, -0.2) is 63.6 Å². The molecule has 6 atom stereocenters. The topological polar surface area (TPSA) is 119 Å². The smallest absolute Gasteiger partial charge is 0.225 e. The quantitative estimate of drug-likeness (QED) is 0.479. The third-order valence-corrected chi connectivity index (χ3v) is 4.81. The van der Waals surface area contributed by atoms with Gasteiger partial charge < -0.3 is 30.5 Å². The van der Waals surface area contributed by atoms with Gasteiger partial charge >= 0.3 is 0 Å². The molecule has 1 aromatic rings. The minimum atomic E-state index is -1.51. The standard InChI is InChI=1S/C19H29NO6/c1-10(2)13-6-4-12(5-7-13)8-11(3)18(25)20-19-17(24)16(23)15(22)14(9-21)26-19/h4-7,10-11,14-17,19,21-24H,8-9H2,1-3H3,(H,20,25)/t11-,14+,15+,16-,17+,19+/m0/s1. The van der Waals surface area contributed by atoms with E-state index in [1.165, 1.54) is 5.56 Å². The first kappa shape index (κ1) is 20.8. The lowest BCUT2D eigenvalue weighted by Crippen LogP contribution is -2.63. The van der Waals surface area contributed by atoms with Gasteiger partial charge in [-0.25, -0.2) is 0 Å². The van der Waals surface area contributed by atoms with Crippen LogP contribution in [0.3, 0.4) is 0 Å². The van der Waals surface area contributed by atoms with Crippen molar-refractivity contribution >= 4 is 5.91 Å². The number of hydrogen-bond donors (Lipinski definition) is 5. The second kappa shape index (κ2) is 8.92. The van der Waals surface area contributed by atoms with Gasteiger partial charge in [-0.2, -0.15) is 0 Å². The number of ether oxygens (including phenoxy) is 1. The Labute approximate surface area is 153 Å². The molecule has 0 aromatic heterocycles. The molecule has 26 heavy (non-hydrogen) atoms. The molecule has 5 N–H and O–H groups in total. The summed E-state index contributed by atoms with van der Waals surface area (Å²) >= 11 is 0. The number of amides is 1. The van der Waals surface area contributed by atoms with Crippen molar-refractivity contribution in [2.24, 2.45) is 5.92 Å². The van der Waals surface area contributed by atoms with Crippen LogP contribution in [0.15, 0.2) is 24.3 Å². The van der Waals surface area contributed by atoms with Crippen molar-refractivity contribution in [3.8, 4) is 0 Å². The van der Waals surface area contributed by atoms with Gasteiger partial charge in [-0.1, -0.05) is 45.0 Å². The number of carbonyl (C=O) groups is 1. The summed E-state index contributed by atoms with van der Waals surface area (Å²) in [5.41, 5.74) is 2.25. The van der Waals surface area contributed by atoms with E-state index in [1.54, 1.807) is 6.92 Å². The molecule has 0 radical (unpaired) electrons. The van der Waals surface area contributed by atoms with Gasteiger partial charge in [0.05, 0.1) is 6.61 Å². The van der Waals surface area contributed by atoms with E-state index in [-0.39, 0.29) is 11.8 Å². The molecule has 0 spiro atoms. The van der Waals surface area contributed by atoms with E-state index >= 15 is 0 Å². The van der Waals surface area contributed by atoms with Crippen molar-refractivity contribution < 1.29 is 30.0 Å². The van der Waals surface area contributed by atoms with Crippen LogP contribution in [-0.2, 0) is 16.0 Å². The largest absolute Gasteiger partial charge is 0.394 e. The SMILES string of the molecule is CC(C)c1ccc(C[C@H](C)C(=O)N[C@@H]2O[C@H](CO)[C@@H](O)[C@H](O)[C@H]2O)cc1. The van der Waals surface area contributed by atoms with Gasteiger partial charge in [-0.3, -0.25) is 4.79 Å². The van der Waals surface area contributed by atoms with Crippen molar-refractivity contribution in [3.63, 3.8) is 0 Å². The van der Waals surface area contributed by atoms with E-state index in [1.807, 2.05) is 24.3 Å². The molecule has 1 fully saturated rings. The van der Waals surface area contributed by atoms with E-state index in [0.717, 1.165) is 5.56 Å². The first-order valence-corrected chi connectivity index (χ1v) is 8.94. The highest BCUT2D eigenvalue weighted by atomic mass is 16.6. The Kier molecular flexibility index (Phi) is 7.14. The van der Waals surface area contributed by atoms with Crippen molar-refractivity contribution in [2.45, 2.75) is 63.8 Å². The zero-order chi connectivity index (χ0) is 19.4. The van der Waals surface area contributed by atoms with Crippen molar-refractivity contribution in [1.29, 1.82) is 0 Å². The molecule has 1 aromatic carbocycles. The maximum absolute atomic E-state index is 12.4. The lowest BCUT2D eigenvalue weighted by Gasteiger charge is -2.40. The van der Waals surface area contributed by atoms with Crippen LogP contribution in [0, 0.1) is 5.92 Å². The summed E-state index contributed by atoms with van der Waals surface area (Å²) in [6.07, 6.45) is -6.15. The molecule has 0 bridgehead atoms. The molecule has 0 unspecified atom stereocenters. The van der Waals surface area contributed by atoms with E-state index in [0.29, 0.717) is 12.3 Å². The van der Waals surface area contributed by atoms with Crippen LogP contribution in [0.1, 0.15) is 37.8 Å². The minimum absolute atomic E-state index is 0.345. The van der Waals surface area contributed by atoms with Crippen molar-refractivity contribution in [2.75, 3.05) is 6.61 Å². The van der Waals surface area contributed by atoms with E-state index in [9.17, 15) is 25.2 Å². The Morgan fingerprint density at radius 1 is 1.08 bits per heavy atom. The minimum Gasteiger partial charge on any atom is -0.394 e. The maximum atomic E-state index is 12.4. The molecule has 1 saturated heterocycles. The molecule has 1 heterocycles. The Hall–Kier alpha value is -1.51. The lowest BCUT2D eigenvalue weighted by molar-refractivity contribution is -0.236. The van der Waals surface area contributed by atoms with Crippen LogP contribution < -0.4 is 5.32 Å². The van der Waals surface area contributed by atoms with E-state index < -0.39 is 37.3 Å². The van der Waals surface area contributed by atoms with Gasteiger partial charge in [0.2, 0.25) is 5.91 Å². The molecule has 7 heteroatoms. The van der Waals surface area contributed by atoms with Gasteiger partial charge in [-0.15, -0.1) is 0 Å². The number of nitrogens with one attached hydrogen (secondary N) is 1. The normalized spacial score (nSPS) is 30.2. The maximum Gasteiger partial charge on any atom is 0.225 e. The molecule has 1 amide bonds. The molecular weight excluding hydrogens is 338 g/mol. The number of carbonyl (C=O) groups excluding carboxylic acids is 1. The van der Waals surface area contributed by atoms with Gasteiger partial charge in [0.15, 0.2) is 6.23 Å². The van der Waals surface area contributed by atoms with Crippen LogP contribution in [0.5, 0.6) is 0 Å². The van der Waals surface area contributed by atoms with Crippen LogP contribution in [0.2, 0.25) is 0 Å². The Balaban J connectivity index is 1.95. The van der Waals surface area contributed by atoms with Crippen LogP contribution in [0.25, 0.3) is 0 Å². The predicted molar refractivity (Wildman–Crippen MR) is 95.3 cm³/mol. The van der Waals surface area contributed by atoms with Gasteiger partial charge in [-0.05, 0) is 23.5 Å². The summed E-state index contributed by atoms with van der Waals surface area (Å²) in [6.45, 7) is 5.46. The lowest BCUT2D eigenvalue weighted by atomic mass is 9.95. The highest BCUT2D eigenvalue weighted by molar-refractivity contribution is 5.78. The van der Waals surface area contributed by atoms with Crippen LogP contribution in [0.4, 0.5) is 0 Å². The van der Waals surface area contributed by atoms with Crippen molar-refractivity contribution in [3.05, 3.63) is 35.4 Å². The number of benzene rings is 1. The van der Waals surface area contributed by atoms with Gasteiger partial charge in [0, 0.05) is 5.92 Å². The second-order valence-corrected chi connectivity index (χ2v) is 7.26. The molecule has 0 saturated carbocycles. The number of aliphatic hydroxyl groups excluding tert-OH is 4. The molecule has 146 valence electrons. The molecule has 7 nitrogen and oxygen atoms in total. The zero-order valence-electron chi connectivity index (χ0n) is 15.4. The summed E-state index contributed by atoms with van der Waals surface area (Å²) in [5.74, 6) is -0.287. The van der Waals surface area contributed by atoms with Gasteiger partial charge in [0.25, 0.3) is 0 Å². The molecule has 0 aliphatic carbocycles. The Bertz CT molecular complexity index is 588. The average molecular weight is 367 g/mol. The molecule has 2 rings (SSSR count). The van der Waals surface area contributed by atoms with E-state index in [4.69, 9.17) is 4.74 Å². The monoisotopic (exact) mass is 367 g/mol. The third kappa shape index (κ3) is 4.81. The zero-order valence-corrected chi connectivity index (χ0v) is 15.4. The Morgan fingerprint density at radius 3 is 2.23 bits per heavy atom. The summed E-state index contributed by atoms with van der Waals surface area (Å²) < 4.78 is 5.30. The number of hydrogen-bond acceptors (Lipinski definition) is 6. The summed E-state index contributed by atoms with van der Waals surface area (Å²) in [4.78, 5) is 12.4. The van der Waals surface area contributed by atoms with Crippen molar-refractivity contribution in [1.82, 2.24) is 5.32 Å². The highest BCUT2D eigenvalue weighted by Gasteiger charge is 2.44. The van der Waals surface area contributed by atoms with Crippen LogP contribution >= 0.6 is 0 Å². The van der Waals surface area contributed by atoms with Gasteiger partial charge in [0.1, 0.15) is 24.4 Å². The molecule has 1 aliphatic heterocycles. The fourth-order valence-corrected chi connectivity index (χ4v) is 2.99. The molecule has 1 aliphatic rings. The summed E-state index contributed by atoms with van der Waals surface area (Å²) in [5, 5.41) is 41.3. The fraction of sp³-hybridized carbons (Fsp3) is 0.632. The number of aliphatic hydroxyl groups is 4. The second-order valence-electron chi connectivity index (χ2n) is 7.26. The number of rotatable bonds is 6. The molecular formula is C19H29NO6. The first-order valence-electron chi connectivity index (χ1n) is 8.94. The fourth-order valence-electron chi connectivity index (χ4n) is 2.99. The third-order valence-electron chi connectivity index (χ3n) is 4.81. The van der Waals surface area contributed by atoms with E-state index in [2.05, 4.69) is 19.2 Å². The first-order chi connectivity index (χ1) is 12.2. The summed E-state index contributed by atoms with van der Waals surface area (Å²) in [6, 6.07) is 8.07. The Morgan fingerprint density at radius 2 is 1.69 bits per heavy atom. The summed E-state index contributed by atoms with van der Waals surface area (Å²) in [7, 11) is 0.